The maximum atomic E-state index is 13.1. The van der Waals surface area contributed by atoms with E-state index in [2.05, 4.69) is 0 Å². The van der Waals surface area contributed by atoms with Crippen LogP contribution in [0.5, 0.6) is 0 Å². The predicted molar refractivity (Wildman–Crippen MR) is 48.7 cm³/mol. The van der Waals surface area contributed by atoms with Gasteiger partial charge < -0.3 is 5.11 Å². The number of rotatable bonds is 3. The molecule has 0 heterocycles. The van der Waals surface area contributed by atoms with Crippen molar-refractivity contribution in [2.45, 2.75) is 18.4 Å². The number of thioether (sulfide) groups is 1. The van der Waals surface area contributed by atoms with Gasteiger partial charge >= 0.3 is 0 Å². The Morgan fingerprint density at radius 2 is 2.25 bits per heavy atom. The second kappa shape index (κ2) is 4.48. The quantitative estimate of drug-likeness (QED) is 0.731. The third kappa shape index (κ3) is 2.22. The first-order chi connectivity index (χ1) is 5.77. The fraction of sp³-hybridized carbons (Fsp3) is 0.333. The van der Waals surface area contributed by atoms with Crippen LogP contribution in [0.2, 0.25) is 0 Å². The molecule has 0 atom stereocenters. The van der Waals surface area contributed by atoms with E-state index in [4.69, 9.17) is 5.11 Å². The first-order valence-electron chi connectivity index (χ1n) is 3.80. The Balaban J connectivity index is 2.87. The lowest BCUT2D eigenvalue weighted by Gasteiger charge is -2.01. The van der Waals surface area contributed by atoms with Crippen molar-refractivity contribution in [3.63, 3.8) is 0 Å². The molecule has 0 fully saturated rings. The minimum absolute atomic E-state index is 0.103. The molecule has 0 saturated heterocycles. The van der Waals surface area contributed by atoms with Crippen LogP contribution in [-0.2, 0) is 6.61 Å². The van der Waals surface area contributed by atoms with Crippen LogP contribution in [0.1, 0.15) is 12.5 Å². The third-order valence-electron chi connectivity index (χ3n) is 1.48. The molecular weight excluding hydrogens is 175 g/mol. The third-order valence-corrected chi connectivity index (χ3v) is 2.41. The van der Waals surface area contributed by atoms with Crippen molar-refractivity contribution >= 4 is 11.8 Å². The topological polar surface area (TPSA) is 20.2 Å². The minimum atomic E-state index is -0.242. The SMILES string of the molecule is CCSc1ccc(CO)cc1F. The molecule has 0 bridgehead atoms. The normalized spacial score (nSPS) is 10.2. The Morgan fingerprint density at radius 3 is 2.75 bits per heavy atom. The van der Waals surface area contributed by atoms with Crippen molar-refractivity contribution in [2.24, 2.45) is 0 Å². The van der Waals surface area contributed by atoms with Gasteiger partial charge in [-0.05, 0) is 23.4 Å². The molecule has 0 spiro atoms. The minimum Gasteiger partial charge on any atom is -0.392 e. The maximum absolute atomic E-state index is 13.1. The highest BCUT2D eigenvalue weighted by molar-refractivity contribution is 7.99. The number of halogens is 1. The Kier molecular flexibility index (Phi) is 3.56. The fourth-order valence-corrected chi connectivity index (χ4v) is 1.59. The van der Waals surface area contributed by atoms with Crippen LogP contribution >= 0.6 is 11.8 Å². The van der Waals surface area contributed by atoms with E-state index in [1.807, 2.05) is 6.92 Å². The molecule has 1 N–H and O–H groups in total. The summed E-state index contributed by atoms with van der Waals surface area (Å²) in [7, 11) is 0. The summed E-state index contributed by atoms with van der Waals surface area (Å²) in [4.78, 5) is 0.648. The average Bonchev–Trinajstić information content (AvgIpc) is 2.09. The zero-order valence-corrected chi connectivity index (χ0v) is 7.70. The average molecular weight is 186 g/mol. The van der Waals surface area contributed by atoms with Gasteiger partial charge in [0.05, 0.1) is 6.61 Å². The molecule has 0 aromatic heterocycles. The van der Waals surface area contributed by atoms with E-state index in [0.29, 0.717) is 10.5 Å². The smallest absolute Gasteiger partial charge is 0.137 e. The van der Waals surface area contributed by atoms with Gasteiger partial charge in [0.2, 0.25) is 0 Å². The fourth-order valence-electron chi connectivity index (χ4n) is 0.915. The van der Waals surface area contributed by atoms with E-state index in [9.17, 15) is 4.39 Å². The van der Waals surface area contributed by atoms with Crippen molar-refractivity contribution < 1.29 is 9.50 Å². The lowest BCUT2D eigenvalue weighted by Crippen LogP contribution is -1.87. The van der Waals surface area contributed by atoms with Crippen molar-refractivity contribution in [2.75, 3.05) is 5.75 Å². The van der Waals surface area contributed by atoms with Gasteiger partial charge in [0.25, 0.3) is 0 Å². The van der Waals surface area contributed by atoms with E-state index in [0.717, 1.165) is 5.75 Å². The first-order valence-corrected chi connectivity index (χ1v) is 4.78. The van der Waals surface area contributed by atoms with Crippen LogP contribution in [0.15, 0.2) is 23.1 Å². The second-order valence-corrected chi connectivity index (χ2v) is 3.66. The van der Waals surface area contributed by atoms with Crippen LogP contribution in [0.25, 0.3) is 0 Å². The number of aliphatic hydroxyl groups excluding tert-OH is 1. The summed E-state index contributed by atoms with van der Waals surface area (Å²) < 4.78 is 13.1. The van der Waals surface area contributed by atoms with Crippen LogP contribution in [0.3, 0.4) is 0 Å². The van der Waals surface area contributed by atoms with Crippen LogP contribution in [0, 0.1) is 5.82 Å². The molecule has 0 saturated carbocycles. The van der Waals surface area contributed by atoms with E-state index in [1.165, 1.54) is 17.8 Å². The Bertz CT molecular complexity index is 263. The van der Waals surface area contributed by atoms with E-state index in [1.54, 1.807) is 12.1 Å². The van der Waals surface area contributed by atoms with Crippen molar-refractivity contribution in [1.29, 1.82) is 0 Å². The van der Waals surface area contributed by atoms with Gasteiger partial charge in [0.1, 0.15) is 5.82 Å². The molecule has 1 aromatic rings. The summed E-state index contributed by atoms with van der Waals surface area (Å²) in [5.74, 6) is 0.614. The molecule has 0 radical (unpaired) electrons. The van der Waals surface area contributed by atoms with Crippen molar-refractivity contribution in [3.05, 3.63) is 29.6 Å². The van der Waals surface area contributed by atoms with Gasteiger partial charge in [-0.2, -0.15) is 0 Å². The molecule has 12 heavy (non-hydrogen) atoms. The highest BCUT2D eigenvalue weighted by Crippen LogP contribution is 2.21. The molecule has 1 aromatic carbocycles. The number of benzene rings is 1. The molecule has 0 aliphatic heterocycles. The van der Waals surface area contributed by atoms with Gasteiger partial charge in [0.15, 0.2) is 0 Å². The largest absolute Gasteiger partial charge is 0.392 e. The summed E-state index contributed by atoms with van der Waals surface area (Å²) in [6.07, 6.45) is 0. The number of hydrogen-bond acceptors (Lipinski definition) is 2. The molecule has 66 valence electrons. The number of hydrogen-bond donors (Lipinski definition) is 1. The van der Waals surface area contributed by atoms with Gasteiger partial charge in [-0.15, -0.1) is 11.8 Å². The Labute approximate surface area is 75.6 Å². The summed E-state index contributed by atoms with van der Waals surface area (Å²) in [5, 5.41) is 8.71. The lowest BCUT2D eigenvalue weighted by atomic mass is 10.2. The van der Waals surface area contributed by atoms with Gasteiger partial charge in [-0.3, -0.25) is 0 Å². The van der Waals surface area contributed by atoms with Crippen LogP contribution in [0.4, 0.5) is 4.39 Å². The first kappa shape index (κ1) is 9.55. The lowest BCUT2D eigenvalue weighted by molar-refractivity contribution is 0.281. The van der Waals surface area contributed by atoms with E-state index in [-0.39, 0.29) is 12.4 Å². The van der Waals surface area contributed by atoms with Crippen molar-refractivity contribution in [3.8, 4) is 0 Å². The standard InChI is InChI=1S/C9H11FOS/c1-2-12-9-4-3-7(6-11)5-8(9)10/h3-5,11H,2,6H2,1H3. The number of aliphatic hydroxyl groups is 1. The molecule has 1 nitrogen and oxygen atoms in total. The van der Waals surface area contributed by atoms with Crippen LogP contribution < -0.4 is 0 Å². The predicted octanol–water partition coefficient (Wildman–Crippen LogP) is 2.43. The monoisotopic (exact) mass is 186 g/mol. The van der Waals surface area contributed by atoms with Gasteiger partial charge in [-0.25, -0.2) is 4.39 Å². The summed E-state index contributed by atoms with van der Waals surface area (Å²) in [6.45, 7) is 1.87. The molecule has 0 aliphatic carbocycles. The van der Waals surface area contributed by atoms with Gasteiger partial charge in [-0.1, -0.05) is 13.0 Å². The molecule has 0 amide bonds. The zero-order chi connectivity index (χ0) is 8.97. The van der Waals surface area contributed by atoms with E-state index >= 15 is 0 Å². The summed E-state index contributed by atoms with van der Waals surface area (Å²) >= 11 is 1.46. The summed E-state index contributed by atoms with van der Waals surface area (Å²) in [6, 6.07) is 4.81. The molecule has 0 aliphatic rings. The zero-order valence-electron chi connectivity index (χ0n) is 6.88. The summed E-state index contributed by atoms with van der Waals surface area (Å²) in [5.41, 5.74) is 0.618. The Hall–Kier alpha value is -0.540. The molecule has 3 heteroatoms. The maximum Gasteiger partial charge on any atom is 0.137 e. The Morgan fingerprint density at radius 1 is 1.50 bits per heavy atom. The van der Waals surface area contributed by atoms with E-state index < -0.39 is 0 Å². The molecule has 1 rings (SSSR count). The second-order valence-electron chi connectivity index (χ2n) is 2.36. The van der Waals surface area contributed by atoms with Crippen molar-refractivity contribution in [1.82, 2.24) is 0 Å². The van der Waals surface area contributed by atoms with Gasteiger partial charge in [0, 0.05) is 4.90 Å². The highest BCUT2D eigenvalue weighted by Gasteiger charge is 2.01. The van der Waals surface area contributed by atoms with Crippen LogP contribution in [-0.4, -0.2) is 10.9 Å². The molecule has 0 unspecified atom stereocenters. The highest BCUT2D eigenvalue weighted by atomic mass is 32.2. The molecular formula is C9H11FOS.